The number of rotatable bonds is 3. The number of benzene rings is 1. The van der Waals surface area contributed by atoms with Crippen molar-refractivity contribution >= 4 is 6.98 Å². The molecule has 74 valence electrons. The summed E-state index contributed by atoms with van der Waals surface area (Å²) in [5.41, 5.74) is 0.104. The van der Waals surface area contributed by atoms with Gasteiger partial charge in [0.2, 0.25) is 0 Å². The van der Waals surface area contributed by atoms with E-state index in [1.807, 2.05) is 0 Å². The molecular weight excluding hydrogens is 194 g/mol. The van der Waals surface area contributed by atoms with Crippen LogP contribution in [0.1, 0.15) is 5.56 Å². The van der Waals surface area contributed by atoms with Crippen molar-refractivity contribution in [3.63, 3.8) is 0 Å². The second-order valence-corrected chi connectivity index (χ2v) is 2.63. The number of halogens is 3. The van der Waals surface area contributed by atoms with Gasteiger partial charge in [-0.15, -0.1) is 0 Å². The highest BCUT2D eigenvalue weighted by Gasteiger charge is 2.24. The molecule has 1 aromatic rings. The van der Waals surface area contributed by atoms with Crippen LogP contribution in [0, 0.1) is 11.3 Å². The minimum absolute atomic E-state index is 0.0331. The molecule has 0 heterocycles. The summed E-state index contributed by atoms with van der Waals surface area (Å²) in [6.07, 6.45) is 0. The fourth-order valence-electron chi connectivity index (χ4n) is 0.869. The molecule has 0 radical (unpaired) electrons. The third-order valence-electron chi connectivity index (χ3n) is 1.44. The summed E-state index contributed by atoms with van der Waals surface area (Å²) in [5.74, 6) is -0.0331. The fourth-order valence-corrected chi connectivity index (χ4v) is 0.869. The van der Waals surface area contributed by atoms with Crippen LogP contribution in [0.4, 0.5) is 12.9 Å². The van der Waals surface area contributed by atoms with E-state index in [9.17, 15) is 12.9 Å². The molecule has 0 amide bonds. The van der Waals surface area contributed by atoms with Crippen LogP contribution in [-0.2, 0) is 0 Å². The van der Waals surface area contributed by atoms with Crippen LogP contribution >= 0.6 is 0 Å². The Bertz CT molecular complexity index is 358. The van der Waals surface area contributed by atoms with Gasteiger partial charge in [0.1, 0.15) is 11.8 Å². The highest BCUT2D eigenvalue weighted by atomic mass is 19.4. The molecule has 0 unspecified atom stereocenters. The van der Waals surface area contributed by atoms with E-state index in [-0.39, 0.29) is 11.3 Å². The lowest BCUT2D eigenvalue weighted by Crippen LogP contribution is -2.26. The Hall–Kier alpha value is -1.64. The lowest BCUT2D eigenvalue weighted by Gasteiger charge is -2.15. The van der Waals surface area contributed by atoms with Crippen molar-refractivity contribution in [2.75, 3.05) is 6.51 Å². The standard InChI is InChI=1S/C8H6BF3NO/c10-9(11,12)6-14-8-4-2-1-3-7(8)5-13/h1-4H,6H2/q-1. The summed E-state index contributed by atoms with van der Waals surface area (Å²) in [7, 11) is 0. The monoisotopic (exact) mass is 200 g/mol. The normalized spacial score (nSPS) is 10.7. The molecular formula is C8H6BF3NO-. The van der Waals surface area contributed by atoms with Gasteiger partial charge in [0, 0.05) is 0 Å². The van der Waals surface area contributed by atoms with Crippen LogP contribution in [0.3, 0.4) is 0 Å². The Kier molecular flexibility index (Phi) is 3.02. The van der Waals surface area contributed by atoms with Gasteiger partial charge in [-0.05, 0) is 12.1 Å². The summed E-state index contributed by atoms with van der Waals surface area (Å²) < 4.78 is 40.0. The first-order chi connectivity index (χ1) is 6.53. The van der Waals surface area contributed by atoms with E-state index >= 15 is 0 Å². The second kappa shape index (κ2) is 4.05. The molecule has 0 aromatic heterocycles. The first kappa shape index (κ1) is 10.4. The molecule has 0 aliphatic carbocycles. The largest absolute Gasteiger partial charge is 0.520 e. The number of hydrogen-bond acceptors (Lipinski definition) is 2. The van der Waals surface area contributed by atoms with Gasteiger partial charge in [-0.2, -0.15) is 5.26 Å². The topological polar surface area (TPSA) is 33.0 Å². The molecule has 6 heteroatoms. The van der Waals surface area contributed by atoms with Gasteiger partial charge < -0.3 is 17.7 Å². The summed E-state index contributed by atoms with van der Waals surface area (Å²) in [6.45, 7) is -6.30. The summed E-state index contributed by atoms with van der Waals surface area (Å²) >= 11 is 0. The quantitative estimate of drug-likeness (QED) is 0.701. The highest BCUT2D eigenvalue weighted by molar-refractivity contribution is 6.58. The van der Waals surface area contributed by atoms with Crippen LogP contribution in [0.25, 0.3) is 0 Å². The van der Waals surface area contributed by atoms with Crippen molar-refractivity contribution in [2.24, 2.45) is 0 Å². The van der Waals surface area contributed by atoms with E-state index in [0.717, 1.165) is 0 Å². The van der Waals surface area contributed by atoms with Crippen molar-refractivity contribution < 1.29 is 17.7 Å². The van der Waals surface area contributed by atoms with E-state index in [2.05, 4.69) is 4.74 Å². The predicted octanol–water partition coefficient (Wildman–Crippen LogP) is 2.32. The number of hydrogen-bond donors (Lipinski definition) is 0. The maximum Gasteiger partial charge on any atom is 0.515 e. The van der Waals surface area contributed by atoms with Crippen LogP contribution in [0.2, 0.25) is 0 Å². The third kappa shape index (κ3) is 3.01. The molecule has 0 bridgehead atoms. The molecule has 2 nitrogen and oxygen atoms in total. The Balaban J connectivity index is 2.73. The molecule has 14 heavy (non-hydrogen) atoms. The molecule has 1 aromatic carbocycles. The maximum atomic E-state index is 11.8. The lowest BCUT2D eigenvalue weighted by atomic mass is 9.95. The van der Waals surface area contributed by atoms with E-state index in [1.54, 1.807) is 12.1 Å². The van der Waals surface area contributed by atoms with Gasteiger partial charge in [0.15, 0.2) is 0 Å². The minimum Gasteiger partial charge on any atom is -0.520 e. The van der Waals surface area contributed by atoms with Crippen LogP contribution in [0.5, 0.6) is 5.75 Å². The SMILES string of the molecule is N#Cc1ccccc1OC[B-](F)(F)F. The van der Waals surface area contributed by atoms with E-state index < -0.39 is 13.5 Å². The molecule has 0 saturated heterocycles. The molecule has 0 fully saturated rings. The van der Waals surface area contributed by atoms with Gasteiger partial charge in [-0.1, -0.05) is 12.1 Å². The Morgan fingerprint density at radius 1 is 1.29 bits per heavy atom. The van der Waals surface area contributed by atoms with Crippen molar-refractivity contribution in [1.82, 2.24) is 0 Å². The zero-order valence-electron chi connectivity index (χ0n) is 7.08. The van der Waals surface area contributed by atoms with E-state index in [1.165, 1.54) is 18.2 Å². The highest BCUT2D eigenvalue weighted by Crippen LogP contribution is 2.18. The number of nitrogens with zero attached hydrogens (tertiary/aromatic N) is 1. The van der Waals surface area contributed by atoms with Crippen molar-refractivity contribution in [1.29, 1.82) is 5.26 Å². The average Bonchev–Trinajstić information content (AvgIpc) is 2.14. The molecule has 0 aliphatic heterocycles. The number of para-hydroxylation sites is 1. The van der Waals surface area contributed by atoms with Crippen molar-refractivity contribution in [2.45, 2.75) is 0 Å². The third-order valence-corrected chi connectivity index (χ3v) is 1.44. The van der Waals surface area contributed by atoms with E-state index in [0.29, 0.717) is 0 Å². The Morgan fingerprint density at radius 3 is 2.50 bits per heavy atom. The molecule has 0 aliphatic rings. The molecule has 1 rings (SSSR count). The number of nitriles is 1. The van der Waals surface area contributed by atoms with E-state index in [4.69, 9.17) is 5.26 Å². The summed E-state index contributed by atoms with van der Waals surface area (Å²) in [6, 6.07) is 7.55. The Labute approximate surface area is 79.0 Å². The van der Waals surface area contributed by atoms with Gasteiger partial charge in [0.05, 0.1) is 12.1 Å². The van der Waals surface area contributed by atoms with Crippen LogP contribution in [-0.4, -0.2) is 13.5 Å². The van der Waals surface area contributed by atoms with Crippen molar-refractivity contribution in [3.8, 4) is 11.8 Å². The summed E-state index contributed by atoms with van der Waals surface area (Å²) in [4.78, 5) is 0. The lowest BCUT2D eigenvalue weighted by molar-refractivity contribution is 0.312. The van der Waals surface area contributed by atoms with Gasteiger partial charge >= 0.3 is 6.98 Å². The van der Waals surface area contributed by atoms with Crippen molar-refractivity contribution in [3.05, 3.63) is 29.8 Å². The van der Waals surface area contributed by atoms with Crippen LogP contribution < -0.4 is 4.74 Å². The smallest absolute Gasteiger partial charge is 0.515 e. The molecule has 0 N–H and O–H groups in total. The zero-order chi connectivity index (χ0) is 10.6. The molecule has 0 spiro atoms. The molecule has 0 saturated carbocycles. The van der Waals surface area contributed by atoms with Gasteiger partial charge in [-0.25, -0.2) is 0 Å². The number of ether oxygens (including phenoxy) is 1. The predicted molar refractivity (Wildman–Crippen MR) is 45.7 cm³/mol. The average molecular weight is 200 g/mol. The van der Waals surface area contributed by atoms with Gasteiger partial charge in [0.25, 0.3) is 0 Å². The fraction of sp³-hybridized carbons (Fsp3) is 0.125. The summed E-state index contributed by atoms with van der Waals surface area (Å²) in [5, 5.41) is 8.54. The minimum atomic E-state index is -4.98. The first-order valence-corrected chi connectivity index (χ1v) is 3.86. The maximum absolute atomic E-state index is 11.8. The zero-order valence-corrected chi connectivity index (χ0v) is 7.08. The molecule has 0 atom stereocenters. The van der Waals surface area contributed by atoms with Gasteiger partial charge in [-0.3, -0.25) is 0 Å². The Morgan fingerprint density at radius 2 is 1.93 bits per heavy atom. The van der Waals surface area contributed by atoms with Crippen LogP contribution in [0.15, 0.2) is 24.3 Å². The first-order valence-electron chi connectivity index (χ1n) is 3.86. The second-order valence-electron chi connectivity index (χ2n) is 2.63.